The topological polar surface area (TPSA) is 104 Å². The minimum absolute atomic E-state index is 0.00648. The molecule has 0 saturated carbocycles. The molecule has 108 valence electrons. The molecule has 0 radical (unpaired) electrons. The SMILES string of the molecule is O=C1NC(=O)[C@H](CCS(=O)(=O)Nc2cccc(Cl)c2)N1. The third-order valence-electron chi connectivity index (χ3n) is 2.63. The molecule has 0 unspecified atom stereocenters. The van der Waals surface area contributed by atoms with Crippen LogP contribution in [-0.4, -0.2) is 32.2 Å². The van der Waals surface area contributed by atoms with Gasteiger partial charge in [-0.15, -0.1) is 0 Å². The largest absolute Gasteiger partial charge is 0.326 e. The molecule has 1 fully saturated rings. The zero-order valence-corrected chi connectivity index (χ0v) is 11.8. The van der Waals surface area contributed by atoms with Crippen molar-refractivity contribution >= 4 is 39.2 Å². The molecule has 1 aliphatic heterocycles. The Kier molecular flexibility index (Phi) is 4.15. The van der Waals surface area contributed by atoms with Crippen molar-refractivity contribution in [3.05, 3.63) is 29.3 Å². The van der Waals surface area contributed by atoms with Gasteiger partial charge in [0.2, 0.25) is 10.0 Å². The van der Waals surface area contributed by atoms with Gasteiger partial charge in [0.05, 0.1) is 5.75 Å². The minimum Gasteiger partial charge on any atom is -0.326 e. The summed E-state index contributed by atoms with van der Waals surface area (Å²) in [5.74, 6) is -0.814. The highest BCUT2D eigenvalue weighted by molar-refractivity contribution is 7.92. The van der Waals surface area contributed by atoms with Crippen molar-refractivity contribution in [2.24, 2.45) is 0 Å². The van der Waals surface area contributed by atoms with E-state index in [2.05, 4.69) is 10.0 Å². The molecule has 1 aromatic carbocycles. The molecule has 9 heteroatoms. The molecular weight excluding hydrogens is 306 g/mol. The fourth-order valence-corrected chi connectivity index (χ4v) is 3.04. The number of carbonyl (C=O) groups is 2. The lowest BCUT2D eigenvalue weighted by Gasteiger charge is -2.10. The lowest BCUT2D eigenvalue weighted by Crippen LogP contribution is -2.32. The third-order valence-corrected chi connectivity index (χ3v) is 4.19. The zero-order valence-electron chi connectivity index (χ0n) is 10.2. The van der Waals surface area contributed by atoms with Gasteiger partial charge in [-0.1, -0.05) is 17.7 Å². The summed E-state index contributed by atoms with van der Waals surface area (Å²) in [6.07, 6.45) is -0.00648. The van der Waals surface area contributed by atoms with Crippen LogP contribution in [0.2, 0.25) is 5.02 Å². The van der Waals surface area contributed by atoms with Gasteiger partial charge in [-0.2, -0.15) is 0 Å². The normalized spacial score (nSPS) is 18.6. The first-order valence-electron chi connectivity index (χ1n) is 5.73. The van der Waals surface area contributed by atoms with Gasteiger partial charge in [-0.05, 0) is 24.6 Å². The molecule has 1 aliphatic rings. The van der Waals surface area contributed by atoms with E-state index in [4.69, 9.17) is 11.6 Å². The van der Waals surface area contributed by atoms with Gasteiger partial charge < -0.3 is 5.32 Å². The Balaban J connectivity index is 1.94. The maximum Gasteiger partial charge on any atom is 0.322 e. The monoisotopic (exact) mass is 317 g/mol. The Hall–Kier alpha value is -1.80. The molecule has 0 spiro atoms. The van der Waals surface area contributed by atoms with Crippen LogP contribution in [0.25, 0.3) is 0 Å². The highest BCUT2D eigenvalue weighted by atomic mass is 35.5. The van der Waals surface area contributed by atoms with Crippen molar-refractivity contribution in [3.8, 4) is 0 Å². The number of imide groups is 1. The molecule has 7 nitrogen and oxygen atoms in total. The standard InChI is InChI=1S/C11H12ClN3O4S/c12-7-2-1-3-8(6-7)15-20(18,19)5-4-9-10(16)14-11(17)13-9/h1-3,6,9,15H,4-5H2,(H2,13,14,16,17)/t9-/m0/s1. The Morgan fingerprint density at radius 2 is 2.05 bits per heavy atom. The van der Waals surface area contributed by atoms with Gasteiger partial charge in [0.25, 0.3) is 5.91 Å². The van der Waals surface area contributed by atoms with Crippen molar-refractivity contribution in [1.82, 2.24) is 10.6 Å². The number of hydrogen-bond donors (Lipinski definition) is 3. The molecule has 20 heavy (non-hydrogen) atoms. The predicted octanol–water partition coefficient (Wildman–Crippen LogP) is 0.680. The summed E-state index contributed by atoms with van der Waals surface area (Å²) in [7, 11) is -3.62. The summed E-state index contributed by atoms with van der Waals surface area (Å²) in [6.45, 7) is 0. The van der Waals surface area contributed by atoms with E-state index in [-0.39, 0.29) is 12.2 Å². The average Bonchev–Trinajstić information content (AvgIpc) is 2.65. The van der Waals surface area contributed by atoms with Crippen molar-refractivity contribution in [2.45, 2.75) is 12.5 Å². The van der Waals surface area contributed by atoms with E-state index in [1.807, 2.05) is 5.32 Å². The lowest BCUT2D eigenvalue weighted by atomic mass is 10.2. The third kappa shape index (κ3) is 3.84. The Labute approximate surface area is 120 Å². The Morgan fingerprint density at radius 3 is 2.65 bits per heavy atom. The highest BCUT2D eigenvalue weighted by Crippen LogP contribution is 2.16. The number of carbonyl (C=O) groups excluding carboxylic acids is 2. The van der Waals surface area contributed by atoms with Gasteiger partial charge >= 0.3 is 6.03 Å². The van der Waals surface area contributed by atoms with Crippen LogP contribution in [0.15, 0.2) is 24.3 Å². The summed E-state index contributed by atoms with van der Waals surface area (Å²) in [6, 6.07) is 4.85. The summed E-state index contributed by atoms with van der Waals surface area (Å²) < 4.78 is 26.1. The van der Waals surface area contributed by atoms with Crippen LogP contribution in [-0.2, 0) is 14.8 Å². The molecule has 0 aliphatic carbocycles. The number of nitrogens with one attached hydrogen (secondary N) is 3. The zero-order chi connectivity index (χ0) is 14.8. The van der Waals surface area contributed by atoms with Crippen LogP contribution in [0.5, 0.6) is 0 Å². The van der Waals surface area contributed by atoms with Crippen LogP contribution in [0, 0.1) is 0 Å². The first-order chi connectivity index (χ1) is 9.35. The molecule has 3 N–H and O–H groups in total. The van der Waals surface area contributed by atoms with Gasteiger partial charge in [0, 0.05) is 10.7 Å². The van der Waals surface area contributed by atoms with Crippen molar-refractivity contribution in [2.75, 3.05) is 10.5 Å². The fraction of sp³-hybridized carbons (Fsp3) is 0.273. The van der Waals surface area contributed by atoms with Gasteiger partial charge in [-0.25, -0.2) is 13.2 Å². The summed E-state index contributed by atoms with van der Waals surface area (Å²) in [5.41, 5.74) is 0.345. The first-order valence-corrected chi connectivity index (χ1v) is 7.76. The Bertz CT molecular complexity index is 647. The maximum absolute atomic E-state index is 11.9. The number of sulfonamides is 1. The molecule has 1 atom stereocenters. The van der Waals surface area contributed by atoms with E-state index in [0.717, 1.165) is 0 Å². The second-order valence-corrected chi connectivity index (χ2v) is 6.51. The number of halogens is 1. The molecule has 2 rings (SSSR count). The van der Waals surface area contributed by atoms with E-state index in [9.17, 15) is 18.0 Å². The van der Waals surface area contributed by atoms with Gasteiger partial charge in [-0.3, -0.25) is 14.8 Å². The summed E-state index contributed by atoms with van der Waals surface area (Å²) in [5, 5.41) is 4.78. The summed E-state index contributed by atoms with van der Waals surface area (Å²) in [4.78, 5) is 22.2. The van der Waals surface area contributed by atoms with Crippen molar-refractivity contribution < 1.29 is 18.0 Å². The molecule has 0 aromatic heterocycles. The number of urea groups is 1. The lowest BCUT2D eigenvalue weighted by molar-refractivity contribution is -0.120. The van der Waals surface area contributed by atoms with E-state index < -0.39 is 28.0 Å². The van der Waals surface area contributed by atoms with Gasteiger partial charge in [0.15, 0.2) is 0 Å². The summed E-state index contributed by atoms with van der Waals surface area (Å²) >= 11 is 5.75. The van der Waals surface area contributed by atoms with Crippen molar-refractivity contribution in [3.63, 3.8) is 0 Å². The number of hydrogen-bond acceptors (Lipinski definition) is 4. The van der Waals surface area contributed by atoms with Crippen LogP contribution in [0.1, 0.15) is 6.42 Å². The molecule has 0 bridgehead atoms. The molecule has 1 aromatic rings. The average molecular weight is 318 g/mol. The first kappa shape index (κ1) is 14.6. The van der Waals surface area contributed by atoms with Crippen LogP contribution in [0.3, 0.4) is 0 Å². The van der Waals surface area contributed by atoms with E-state index in [1.165, 1.54) is 6.07 Å². The number of amides is 3. The van der Waals surface area contributed by atoms with Gasteiger partial charge in [0.1, 0.15) is 6.04 Å². The number of anilines is 1. The second kappa shape index (κ2) is 5.68. The maximum atomic E-state index is 11.9. The minimum atomic E-state index is -3.62. The Morgan fingerprint density at radius 1 is 1.30 bits per heavy atom. The predicted molar refractivity (Wildman–Crippen MR) is 73.9 cm³/mol. The second-order valence-electron chi connectivity index (χ2n) is 4.24. The van der Waals surface area contributed by atoms with E-state index in [0.29, 0.717) is 10.7 Å². The van der Waals surface area contributed by atoms with Crippen molar-refractivity contribution in [1.29, 1.82) is 0 Å². The molecule has 1 saturated heterocycles. The quantitative estimate of drug-likeness (QED) is 0.694. The number of rotatable bonds is 5. The molecular formula is C11H12ClN3O4S. The van der Waals surface area contributed by atoms with E-state index >= 15 is 0 Å². The number of benzene rings is 1. The van der Waals surface area contributed by atoms with E-state index in [1.54, 1.807) is 18.2 Å². The van der Waals surface area contributed by atoms with Crippen LogP contribution < -0.4 is 15.4 Å². The smallest absolute Gasteiger partial charge is 0.322 e. The fourth-order valence-electron chi connectivity index (χ4n) is 1.72. The van der Waals surface area contributed by atoms with Crippen LogP contribution >= 0.6 is 11.6 Å². The molecule has 1 heterocycles. The molecule has 3 amide bonds. The van der Waals surface area contributed by atoms with Crippen LogP contribution in [0.4, 0.5) is 10.5 Å². The highest BCUT2D eigenvalue weighted by Gasteiger charge is 2.30.